The summed E-state index contributed by atoms with van der Waals surface area (Å²) < 4.78 is 39.7. The van der Waals surface area contributed by atoms with Crippen LogP contribution in [-0.2, 0) is 12.7 Å². The predicted octanol–water partition coefficient (Wildman–Crippen LogP) is 4.05. The highest BCUT2D eigenvalue weighted by Gasteiger charge is 2.35. The molecule has 0 aromatic heterocycles. The fourth-order valence-electron chi connectivity index (χ4n) is 2.01. The highest BCUT2D eigenvalue weighted by Crippen LogP contribution is 2.37. The molecule has 0 bridgehead atoms. The van der Waals surface area contributed by atoms with Crippen molar-refractivity contribution in [3.8, 4) is 0 Å². The molecular formula is C15H23F3N2. The first-order valence-corrected chi connectivity index (χ1v) is 6.94. The maximum Gasteiger partial charge on any atom is 0.418 e. The van der Waals surface area contributed by atoms with E-state index in [4.69, 9.17) is 0 Å². The quantitative estimate of drug-likeness (QED) is 0.849. The fraction of sp³-hybridized carbons (Fsp3) is 0.600. The van der Waals surface area contributed by atoms with E-state index in [2.05, 4.69) is 5.32 Å². The van der Waals surface area contributed by atoms with Crippen molar-refractivity contribution in [2.24, 2.45) is 0 Å². The van der Waals surface area contributed by atoms with E-state index in [1.54, 1.807) is 24.1 Å². The molecule has 1 aromatic rings. The summed E-state index contributed by atoms with van der Waals surface area (Å²) in [6.07, 6.45) is -3.54. The van der Waals surface area contributed by atoms with E-state index in [0.717, 1.165) is 13.0 Å². The van der Waals surface area contributed by atoms with Gasteiger partial charge in [0.2, 0.25) is 0 Å². The molecule has 1 unspecified atom stereocenters. The molecule has 0 saturated carbocycles. The molecule has 0 aliphatic rings. The van der Waals surface area contributed by atoms with E-state index in [9.17, 15) is 13.2 Å². The second kappa shape index (κ2) is 6.97. The summed E-state index contributed by atoms with van der Waals surface area (Å²) in [7, 11) is 1.71. The Morgan fingerprint density at radius 3 is 2.40 bits per heavy atom. The van der Waals surface area contributed by atoms with Crippen LogP contribution < -0.4 is 10.2 Å². The van der Waals surface area contributed by atoms with Crippen LogP contribution in [0.15, 0.2) is 18.2 Å². The number of rotatable bonds is 6. The summed E-state index contributed by atoms with van der Waals surface area (Å²) in [6, 6.07) is 4.64. The van der Waals surface area contributed by atoms with Crippen molar-refractivity contribution in [2.75, 3.05) is 18.5 Å². The molecule has 1 rings (SSSR count). The number of halogens is 3. The molecule has 0 fully saturated rings. The molecule has 0 spiro atoms. The van der Waals surface area contributed by atoms with Gasteiger partial charge in [-0.2, -0.15) is 13.2 Å². The third-order valence-corrected chi connectivity index (χ3v) is 3.58. The topological polar surface area (TPSA) is 15.3 Å². The first-order chi connectivity index (χ1) is 9.31. The van der Waals surface area contributed by atoms with Gasteiger partial charge in [-0.05, 0) is 37.6 Å². The first kappa shape index (κ1) is 16.8. The molecule has 0 aliphatic carbocycles. The Hall–Kier alpha value is -1.23. The van der Waals surface area contributed by atoms with Gasteiger partial charge in [0.15, 0.2) is 0 Å². The summed E-state index contributed by atoms with van der Waals surface area (Å²) in [5.74, 6) is 0. The Labute approximate surface area is 119 Å². The van der Waals surface area contributed by atoms with Crippen LogP contribution in [0.2, 0.25) is 0 Å². The number of hydrogen-bond acceptors (Lipinski definition) is 2. The average Bonchev–Trinajstić information content (AvgIpc) is 2.42. The van der Waals surface area contributed by atoms with Crippen LogP contribution in [0.5, 0.6) is 0 Å². The van der Waals surface area contributed by atoms with Crippen LogP contribution in [0.4, 0.5) is 18.9 Å². The largest absolute Gasteiger partial charge is 0.418 e. The molecule has 2 nitrogen and oxygen atoms in total. The van der Waals surface area contributed by atoms with Crippen LogP contribution in [0.1, 0.15) is 38.3 Å². The first-order valence-electron chi connectivity index (χ1n) is 6.94. The summed E-state index contributed by atoms with van der Waals surface area (Å²) in [6.45, 7) is 7.00. The molecule has 1 aromatic carbocycles. The third kappa shape index (κ3) is 4.13. The van der Waals surface area contributed by atoms with Crippen molar-refractivity contribution in [3.63, 3.8) is 0 Å². The molecular weight excluding hydrogens is 265 g/mol. The van der Waals surface area contributed by atoms with E-state index < -0.39 is 11.7 Å². The lowest BCUT2D eigenvalue weighted by molar-refractivity contribution is -0.137. The van der Waals surface area contributed by atoms with Crippen LogP contribution >= 0.6 is 0 Å². The van der Waals surface area contributed by atoms with Gasteiger partial charge < -0.3 is 10.2 Å². The van der Waals surface area contributed by atoms with E-state index in [1.807, 2.05) is 20.8 Å². The van der Waals surface area contributed by atoms with Gasteiger partial charge in [-0.1, -0.05) is 19.9 Å². The van der Waals surface area contributed by atoms with Gasteiger partial charge in [-0.3, -0.25) is 0 Å². The maximum absolute atomic E-state index is 13.2. The van der Waals surface area contributed by atoms with Gasteiger partial charge in [-0.15, -0.1) is 0 Å². The van der Waals surface area contributed by atoms with Crippen molar-refractivity contribution in [3.05, 3.63) is 29.3 Å². The Morgan fingerprint density at radius 2 is 1.90 bits per heavy atom. The minimum absolute atomic E-state index is 0.0655. The smallest absolute Gasteiger partial charge is 0.371 e. The van der Waals surface area contributed by atoms with Gasteiger partial charge in [-0.25, -0.2) is 0 Å². The van der Waals surface area contributed by atoms with Crippen LogP contribution in [0.3, 0.4) is 0 Å². The molecule has 0 heterocycles. The van der Waals surface area contributed by atoms with Crippen molar-refractivity contribution >= 4 is 5.69 Å². The standard InChI is InChI=1S/C15H23F3N2/c1-5-11(3)20(4)14-8-7-12(10-19-6-2)9-13(14)15(16,17)18/h7-9,11,19H,5-6,10H2,1-4H3. The molecule has 1 atom stereocenters. The van der Waals surface area contributed by atoms with Gasteiger partial charge >= 0.3 is 6.18 Å². The Balaban J connectivity index is 3.17. The monoisotopic (exact) mass is 288 g/mol. The molecule has 0 aliphatic heterocycles. The van der Waals surface area contributed by atoms with Crippen LogP contribution in [0, 0.1) is 0 Å². The van der Waals surface area contributed by atoms with Gasteiger partial charge in [0.05, 0.1) is 5.56 Å². The second-order valence-electron chi connectivity index (χ2n) is 5.00. The van der Waals surface area contributed by atoms with Crippen molar-refractivity contribution < 1.29 is 13.2 Å². The summed E-state index contributed by atoms with van der Waals surface area (Å²) >= 11 is 0. The maximum atomic E-state index is 13.2. The van der Waals surface area contributed by atoms with E-state index in [1.165, 1.54) is 6.07 Å². The van der Waals surface area contributed by atoms with E-state index in [-0.39, 0.29) is 11.7 Å². The lowest BCUT2D eigenvalue weighted by Crippen LogP contribution is -2.30. The van der Waals surface area contributed by atoms with Gasteiger partial charge in [0, 0.05) is 25.3 Å². The predicted molar refractivity (Wildman–Crippen MR) is 77.0 cm³/mol. The number of benzene rings is 1. The van der Waals surface area contributed by atoms with Crippen molar-refractivity contribution in [2.45, 2.75) is 46.0 Å². The molecule has 1 N–H and O–H groups in total. The number of hydrogen-bond donors (Lipinski definition) is 1. The van der Waals surface area contributed by atoms with Crippen molar-refractivity contribution in [1.82, 2.24) is 5.32 Å². The fourth-order valence-corrected chi connectivity index (χ4v) is 2.01. The lowest BCUT2D eigenvalue weighted by atomic mass is 10.1. The molecule has 114 valence electrons. The van der Waals surface area contributed by atoms with Crippen LogP contribution in [0.25, 0.3) is 0 Å². The lowest BCUT2D eigenvalue weighted by Gasteiger charge is -2.29. The summed E-state index contributed by atoms with van der Waals surface area (Å²) in [5, 5.41) is 3.04. The molecule has 0 radical (unpaired) electrons. The Bertz CT molecular complexity index is 430. The van der Waals surface area contributed by atoms with Gasteiger partial charge in [0.1, 0.15) is 0 Å². The molecule has 0 saturated heterocycles. The number of alkyl halides is 3. The zero-order chi connectivity index (χ0) is 15.3. The third-order valence-electron chi connectivity index (χ3n) is 3.58. The number of anilines is 1. The van der Waals surface area contributed by atoms with E-state index in [0.29, 0.717) is 12.1 Å². The summed E-state index contributed by atoms with van der Waals surface area (Å²) in [5.41, 5.74) is 0.336. The minimum atomic E-state index is -4.33. The normalized spacial score (nSPS) is 13.3. The Kier molecular flexibility index (Phi) is 5.87. The molecule has 0 amide bonds. The van der Waals surface area contributed by atoms with E-state index >= 15 is 0 Å². The average molecular weight is 288 g/mol. The minimum Gasteiger partial charge on any atom is -0.371 e. The number of nitrogens with zero attached hydrogens (tertiary/aromatic N) is 1. The number of nitrogens with one attached hydrogen (secondary N) is 1. The SMILES string of the molecule is CCNCc1ccc(N(C)C(C)CC)c(C(F)(F)F)c1. The summed E-state index contributed by atoms with van der Waals surface area (Å²) in [4.78, 5) is 1.69. The highest BCUT2D eigenvalue weighted by atomic mass is 19.4. The molecule has 20 heavy (non-hydrogen) atoms. The molecule has 5 heteroatoms. The van der Waals surface area contributed by atoms with Crippen molar-refractivity contribution in [1.29, 1.82) is 0 Å². The second-order valence-corrected chi connectivity index (χ2v) is 5.00. The zero-order valence-electron chi connectivity index (χ0n) is 12.5. The Morgan fingerprint density at radius 1 is 1.25 bits per heavy atom. The zero-order valence-corrected chi connectivity index (χ0v) is 12.5. The highest BCUT2D eigenvalue weighted by molar-refractivity contribution is 5.56. The van der Waals surface area contributed by atoms with Gasteiger partial charge in [0.25, 0.3) is 0 Å². The van der Waals surface area contributed by atoms with Crippen LogP contribution in [-0.4, -0.2) is 19.6 Å².